The number of aryl methyl sites for hydroxylation is 1. The highest BCUT2D eigenvalue weighted by Gasteiger charge is 2.40. The van der Waals surface area contributed by atoms with Gasteiger partial charge in [-0.25, -0.2) is 5.01 Å². The van der Waals surface area contributed by atoms with Crippen molar-refractivity contribution in [2.45, 2.75) is 31.1 Å². The van der Waals surface area contributed by atoms with Crippen LogP contribution >= 0.6 is 23.4 Å². The summed E-state index contributed by atoms with van der Waals surface area (Å²) >= 11 is 7.29. The number of furan rings is 1. The lowest BCUT2D eigenvalue weighted by molar-refractivity contribution is -0.121. The van der Waals surface area contributed by atoms with Crippen LogP contribution in [0.2, 0.25) is 5.02 Å². The van der Waals surface area contributed by atoms with Crippen LogP contribution in [0, 0.1) is 6.92 Å². The maximum Gasteiger partial charge on any atom is 0.262 e. The van der Waals surface area contributed by atoms with E-state index in [0.717, 1.165) is 22.6 Å². The predicted octanol–water partition coefficient (Wildman–Crippen LogP) is 5.42. The molecule has 2 aromatic carbocycles. The van der Waals surface area contributed by atoms with Crippen LogP contribution in [0.4, 0.5) is 5.69 Å². The van der Waals surface area contributed by atoms with E-state index in [2.05, 4.69) is 10.3 Å². The molecule has 9 heteroatoms. The van der Waals surface area contributed by atoms with Gasteiger partial charge in [0.2, 0.25) is 5.91 Å². The zero-order chi connectivity index (χ0) is 23.7. The van der Waals surface area contributed by atoms with Gasteiger partial charge in [0.05, 0.1) is 12.0 Å². The Hall–Kier alpha value is -3.36. The van der Waals surface area contributed by atoms with Gasteiger partial charge in [-0.3, -0.25) is 9.59 Å². The van der Waals surface area contributed by atoms with Gasteiger partial charge in [0.15, 0.2) is 5.17 Å². The van der Waals surface area contributed by atoms with E-state index in [1.54, 1.807) is 11.3 Å². The first-order valence-corrected chi connectivity index (χ1v) is 12.0. The minimum absolute atomic E-state index is 0.0252. The number of carbonyl (C=O) groups excluding carboxylic acids is 2. The molecule has 5 rings (SSSR count). The summed E-state index contributed by atoms with van der Waals surface area (Å²) in [5.74, 6) is 0.150. The van der Waals surface area contributed by atoms with E-state index in [9.17, 15) is 9.59 Å². The first kappa shape index (κ1) is 22.4. The maximum atomic E-state index is 12.7. The Bertz CT molecular complexity index is 1270. The van der Waals surface area contributed by atoms with Crippen LogP contribution < -0.4 is 5.32 Å². The molecule has 0 aliphatic carbocycles. The number of thioether (sulfide) groups is 1. The van der Waals surface area contributed by atoms with Gasteiger partial charge in [-0.2, -0.15) is 10.1 Å². The fourth-order valence-corrected chi connectivity index (χ4v) is 5.02. The third kappa shape index (κ3) is 4.78. The van der Waals surface area contributed by atoms with Gasteiger partial charge in [-0.05, 0) is 48.9 Å². The minimum Gasteiger partial charge on any atom is -0.467 e. The number of benzene rings is 2. The number of anilines is 1. The highest BCUT2D eigenvalue weighted by atomic mass is 35.5. The summed E-state index contributed by atoms with van der Waals surface area (Å²) < 4.78 is 5.65. The van der Waals surface area contributed by atoms with Crippen LogP contribution in [0.3, 0.4) is 0 Å². The second kappa shape index (κ2) is 9.48. The molecule has 0 bridgehead atoms. The number of halogens is 1. The number of amides is 2. The predicted molar refractivity (Wildman–Crippen MR) is 134 cm³/mol. The van der Waals surface area contributed by atoms with Gasteiger partial charge in [-0.15, -0.1) is 0 Å². The van der Waals surface area contributed by atoms with Crippen molar-refractivity contribution >= 4 is 51.7 Å². The summed E-state index contributed by atoms with van der Waals surface area (Å²) in [5, 5.41) is 9.85. The number of hydrogen-bond donors (Lipinski definition) is 1. The molecular formula is C25H21ClN4O3S. The molecule has 2 aliphatic rings. The lowest BCUT2D eigenvalue weighted by atomic mass is 10.0. The third-order valence-electron chi connectivity index (χ3n) is 5.59. The topological polar surface area (TPSA) is 87.3 Å². The number of nitrogens with one attached hydrogen (secondary N) is 1. The van der Waals surface area contributed by atoms with E-state index in [1.165, 1.54) is 11.8 Å². The monoisotopic (exact) mass is 492 g/mol. The summed E-state index contributed by atoms with van der Waals surface area (Å²) in [5.41, 5.74) is 3.58. The maximum absolute atomic E-state index is 12.7. The van der Waals surface area contributed by atoms with Crippen molar-refractivity contribution < 1.29 is 14.0 Å². The first-order chi connectivity index (χ1) is 16.5. The zero-order valence-corrected chi connectivity index (χ0v) is 19.8. The summed E-state index contributed by atoms with van der Waals surface area (Å²) in [4.78, 5) is 29.4. The standard InChI is InChI=1S/C25H21ClN4O3S/c1-15-4-10-18(11-5-15)27-23(31)14-22-24(32)28-25(34-22)30-20(21-3-2-12-33-21)13-19(29-30)16-6-8-17(26)9-7-16/h2-12,20,22H,13-14H2,1H3,(H,27,31)/t20-,22+/m0/s1. The number of nitrogens with zero attached hydrogens (tertiary/aromatic N) is 3. The molecule has 3 heterocycles. The van der Waals surface area contributed by atoms with Crippen molar-refractivity contribution in [2.75, 3.05) is 5.32 Å². The van der Waals surface area contributed by atoms with Gasteiger partial charge in [0.1, 0.15) is 17.1 Å². The second-order valence-electron chi connectivity index (χ2n) is 8.09. The molecule has 1 aromatic heterocycles. The van der Waals surface area contributed by atoms with E-state index in [1.807, 2.05) is 67.6 Å². The summed E-state index contributed by atoms with van der Waals surface area (Å²) in [6, 6.07) is 18.4. The van der Waals surface area contributed by atoms with Crippen molar-refractivity contribution in [1.29, 1.82) is 0 Å². The average Bonchev–Trinajstić information content (AvgIpc) is 3.56. The zero-order valence-electron chi connectivity index (χ0n) is 18.3. The SMILES string of the molecule is Cc1ccc(NC(=O)C[C@H]2SC(N3N=C(c4ccc(Cl)cc4)C[C@H]3c3ccco3)=NC2=O)cc1. The van der Waals surface area contributed by atoms with Crippen LogP contribution in [0.5, 0.6) is 0 Å². The Morgan fingerprint density at radius 3 is 2.65 bits per heavy atom. The Morgan fingerprint density at radius 1 is 1.18 bits per heavy atom. The molecule has 0 saturated carbocycles. The van der Waals surface area contributed by atoms with Gasteiger partial charge in [0, 0.05) is 23.6 Å². The molecule has 1 N–H and O–H groups in total. The summed E-state index contributed by atoms with van der Waals surface area (Å²) in [6.07, 6.45) is 2.22. The fourth-order valence-electron chi connectivity index (χ4n) is 3.83. The number of amidine groups is 1. The minimum atomic E-state index is -0.604. The average molecular weight is 493 g/mol. The fraction of sp³-hybridized carbons (Fsp3) is 0.200. The van der Waals surface area contributed by atoms with Crippen LogP contribution in [0.15, 0.2) is 81.4 Å². The molecule has 2 amide bonds. The van der Waals surface area contributed by atoms with Crippen LogP contribution in [-0.2, 0) is 9.59 Å². The molecule has 7 nitrogen and oxygen atoms in total. The molecule has 0 unspecified atom stereocenters. The quantitative estimate of drug-likeness (QED) is 0.514. The number of hydrazone groups is 1. The molecule has 3 aromatic rings. The van der Waals surface area contributed by atoms with Gasteiger partial charge in [-0.1, -0.05) is 53.2 Å². The molecule has 0 radical (unpaired) electrons. The molecule has 172 valence electrons. The van der Waals surface area contributed by atoms with Crippen molar-refractivity contribution in [1.82, 2.24) is 5.01 Å². The Kier molecular flexibility index (Phi) is 6.26. The largest absolute Gasteiger partial charge is 0.467 e. The van der Waals surface area contributed by atoms with Gasteiger partial charge < -0.3 is 9.73 Å². The lowest BCUT2D eigenvalue weighted by Gasteiger charge is -2.20. The molecular weight excluding hydrogens is 472 g/mol. The highest BCUT2D eigenvalue weighted by Crippen LogP contribution is 2.38. The van der Waals surface area contributed by atoms with E-state index < -0.39 is 5.25 Å². The van der Waals surface area contributed by atoms with Crippen molar-refractivity contribution in [3.63, 3.8) is 0 Å². The Balaban J connectivity index is 1.32. The number of aliphatic imine (C=N–C) groups is 1. The van der Waals surface area contributed by atoms with Gasteiger partial charge in [0.25, 0.3) is 5.91 Å². The van der Waals surface area contributed by atoms with E-state index >= 15 is 0 Å². The lowest BCUT2D eigenvalue weighted by Crippen LogP contribution is -2.24. The molecule has 0 fully saturated rings. The Labute approximate surface area is 205 Å². The highest BCUT2D eigenvalue weighted by molar-refractivity contribution is 8.15. The Morgan fingerprint density at radius 2 is 1.94 bits per heavy atom. The molecule has 34 heavy (non-hydrogen) atoms. The van der Waals surface area contributed by atoms with Crippen LogP contribution in [0.25, 0.3) is 0 Å². The van der Waals surface area contributed by atoms with Crippen molar-refractivity contribution in [3.05, 3.63) is 88.8 Å². The second-order valence-corrected chi connectivity index (χ2v) is 9.70. The molecule has 0 saturated heterocycles. The summed E-state index contributed by atoms with van der Waals surface area (Å²) in [6.45, 7) is 1.98. The molecule has 2 aliphatic heterocycles. The normalized spacial score (nSPS) is 19.8. The van der Waals surface area contributed by atoms with Crippen molar-refractivity contribution in [2.24, 2.45) is 10.1 Å². The summed E-state index contributed by atoms with van der Waals surface area (Å²) in [7, 11) is 0. The van der Waals surface area contributed by atoms with Gasteiger partial charge >= 0.3 is 0 Å². The third-order valence-corrected chi connectivity index (χ3v) is 6.98. The molecule has 0 spiro atoms. The van der Waals surface area contributed by atoms with E-state index in [4.69, 9.17) is 21.1 Å². The first-order valence-electron chi connectivity index (χ1n) is 10.8. The number of carbonyl (C=O) groups is 2. The number of hydrogen-bond acceptors (Lipinski definition) is 6. The molecule has 2 atom stereocenters. The number of rotatable bonds is 5. The van der Waals surface area contributed by atoms with Crippen molar-refractivity contribution in [3.8, 4) is 0 Å². The van der Waals surface area contributed by atoms with E-state index in [0.29, 0.717) is 22.3 Å². The van der Waals surface area contributed by atoms with Crippen LogP contribution in [-0.4, -0.2) is 33.0 Å². The van der Waals surface area contributed by atoms with Crippen LogP contribution in [0.1, 0.15) is 35.8 Å². The van der Waals surface area contributed by atoms with E-state index in [-0.39, 0.29) is 24.3 Å². The smallest absolute Gasteiger partial charge is 0.262 e.